The van der Waals surface area contributed by atoms with E-state index in [1.54, 1.807) is 12.1 Å². The zero-order valence-corrected chi connectivity index (χ0v) is 11.4. The van der Waals surface area contributed by atoms with Gasteiger partial charge in [0, 0.05) is 5.75 Å². The van der Waals surface area contributed by atoms with Gasteiger partial charge in [0.15, 0.2) is 5.17 Å². The number of carboxylic acid groups (broad SMARTS) is 1. The third kappa shape index (κ3) is 3.83. The summed E-state index contributed by atoms with van der Waals surface area (Å²) in [6.45, 7) is 0.242. The molecule has 0 aliphatic carbocycles. The van der Waals surface area contributed by atoms with Gasteiger partial charge in [-0.1, -0.05) is 23.9 Å². The van der Waals surface area contributed by atoms with Gasteiger partial charge in [0.1, 0.15) is 0 Å². The lowest BCUT2D eigenvalue weighted by Gasteiger charge is -2.14. The van der Waals surface area contributed by atoms with E-state index in [9.17, 15) is 4.79 Å². The van der Waals surface area contributed by atoms with E-state index in [0.29, 0.717) is 16.5 Å². The van der Waals surface area contributed by atoms with Crippen LogP contribution in [-0.4, -0.2) is 34.3 Å². The van der Waals surface area contributed by atoms with Crippen molar-refractivity contribution in [3.8, 4) is 6.07 Å². The van der Waals surface area contributed by atoms with Gasteiger partial charge in [-0.3, -0.25) is 15.2 Å². The second-order valence-electron chi connectivity index (χ2n) is 3.98. The maximum Gasteiger partial charge on any atom is 0.305 e. The summed E-state index contributed by atoms with van der Waals surface area (Å²) >= 11 is 1.48. The summed E-state index contributed by atoms with van der Waals surface area (Å²) in [6.07, 6.45) is 0.0118. The Hall–Kier alpha value is -2.33. The van der Waals surface area contributed by atoms with E-state index in [2.05, 4.69) is 21.6 Å². The number of carbonyl (C=O) groups is 1. The average molecular weight is 288 g/mol. The number of amidine groups is 1. The molecule has 0 saturated carbocycles. The highest BCUT2D eigenvalue weighted by Crippen LogP contribution is 2.14. The molecule has 1 aliphatic rings. The zero-order chi connectivity index (χ0) is 14.4. The smallest absolute Gasteiger partial charge is 0.305 e. The molecule has 0 saturated heterocycles. The molecule has 102 valence electrons. The van der Waals surface area contributed by atoms with E-state index in [4.69, 9.17) is 10.4 Å². The fourth-order valence-electron chi connectivity index (χ4n) is 1.54. The number of aliphatic carboxylic acids is 1. The topological polar surface area (TPSA) is 97.8 Å². The number of hydrogen-bond acceptors (Lipinski definition) is 5. The Bertz CT molecular complexity index is 602. The number of benzene rings is 1. The Labute approximate surface area is 120 Å². The van der Waals surface area contributed by atoms with Crippen LogP contribution in [0.2, 0.25) is 0 Å². The molecule has 0 bridgehead atoms. The lowest BCUT2D eigenvalue weighted by Crippen LogP contribution is -2.25. The van der Waals surface area contributed by atoms with E-state index in [-0.39, 0.29) is 13.0 Å². The van der Waals surface area contributed by atoms with Crippen molar-refractivity contribution in [2.75, 3.05) is 12.3 Å². The van der Waals surface area contributed by atoms with Crippen LogP contribution in [0.25, 0.3) is 0 Å². The fraction of sp³-hybridized carbons (Fsp3) is 0.231. The highest BCUT2D eigenvalue weighted by atomic mass is 32.2. The van der Waals surface area contributed by atoms with Crippen LogP contribution in [0.15, 0.2) is 34.4 Å². The predicted molar refractivity (Wildman–Crippen MR) is 77.8 cm³/mol. The van der Waals surface area contributed by atoms with Crippen LogP contribution < -0.4 is 5.43 Å². The summed E-state index contributed by atoms with van der Waals surface area (Å²) in [7, 11) is 0. The molecule has 2 rings (SSSR count). The standard InChI is InChI=1S/C13H12N4O2S/c14-7-9-1-3-10(4-2-9)11-8-20-13(17-16-11)15-6-5-12(18)19/h1-4H,5-6,8H2,(H,15,17)(H,18,19). The molecule has 7 heteroatoms. The average Bonchev–Trinajstić information content (AvgIpc) is 2.48. The van der Waals surface area contributed by atoms with Gasteiger partial charge in [0.25, 0.3) is 0 Å². The molecule has 0 atom stereocenters. The van der Waals surface area contributed by atoms with E-state index >= 15 is 0 Å². The number of nitriles is 1. The molecule has 1 aromatic carbocycles. The molecule has 0 spiro atoms. The Morgan fingerprint density at radius 1 is 1.50 bits per heavy atom. The predicted octanol–water partition coefficient (Wildman–Crippen LogP) is 1.43. The number of hydrazone groups is 1. The summed E-state index contributed by atoms with van der Waals surface area (Å²) < 4.78 is 0. The minimum atomic E-state index is -0.864. The van der Waals surface area contributed by atoms with Crippen molar-refractivity contribution in [1.29, 1.82) is 5.26 Å². The van der Waals surface area contributed by atoms with Gasteiger partial charge in [-0.05, 0) is 17.7 Å². The molecular formula is C13H12N4O2S. The largest absolute Gasteiger partial charge is 0.481 e. The first-order valence-electron chi connectivity index (χ1n) is 5.91. The summed E-state index contributed by atoms with van der Waals surface area (Å²) in [5.41, 5.74) is 5.25. The van der Waals surface area contributed by atoms with Gasteiger partial charge < -0.3 is 5.11 Å². The third-order valence-electron chi connectivity index (χ3n) is 2.56. The normalized spacial score (nSPS) is 16.1. The minimum absolute atomic E-state index is 0.0118. The molecule has 0 radical (unpaired) electrons. The van der Waals surface area contributed by atoms with Gasteiger partial charge in [0.05, 0.1) is 30.3 Å². The van der Waals surface area contributed by atoms with Crippen LogP contribution in [0.1, 0.15) is 17.5 Å². The van der Waals surface area contributed by atoms with Crippen molar-refractivity contribution in [3.05, 3.63) is 35.4 Å². The molecule has 1 aromatic rings. The maximum absolute atomic E-state index is 10.4. The number of nitrogens with one attached hydrogen (secondary N) is 1. The molecule has 1 aliphatic heterocycles. The van der Waals surface area contributed by atoms with Gasteiger partial charge >= 0.3 is 5.97 Å². The Morgan fingerprint density at radius 2 is 2.25 bits per heavy atom. The minimum Gasteiger partial charge on any atom is -0.481 e. The summed E-state index contributed by atoms with van der Waals surface area (Å²) in [4.78, 5) is 14.5. The number of thioether (sulfide) groups is 1. The second kappa shape index (κ2) is 6.73. The van der Waals surface area contributed by atoms with Crippen molar-refractivity contribution in [2.45, 2.75) is 6.42 Å². The first-order valence-corrected chi connectivity index (χ1v) is 6.90. The number of aliphatic imine (C=N–C) groups is 1. The molecule has 6 nitrogen and oxygen atoms in total. The number of hydrogen-bond donors (Lipinski definition) is 2. The summed E-state index contributed by atoms with van der Waals surface area (Å²) in [5, 5.41) is 22.1. The van der Waals surface area contributed by atoms with E-state index < -0.39 is 5.97 Å². The molecule has 1 heterocycles. The first-order chi connectivity index (χ1) is 9.69. The summed E-state index contributed by atoms with van der Waals surface area (Å²) in [6, 6.07) is 9.27. The molecular weight excluding hydrogens is 276 g/mol. The molecule has 0 unspecified atom stereocenters. The second-order valence-corrected chi connectivity index (χ2v) is 4.94. The van der Waals surface area contributed by atoms with Crippen LogP contribution >= 0.6 is 11.8 Å². The molecule has 20 heavy (non-hydrogen) atoms. The van der Waals surface area contributed by atoms with Crippen molar-refractivity contribution in [1.82, 2.24) is 5.43 Å². The highest BCUT2D eigenvalue weighted by Gasteiger charge is 2.12. The molecule has 0 fully saturated rings. The van der Waals surface area contributed by atoms with Gasteiger partial charge in [-0.25, -0.2) is 0 Å². The van der Waals surface area contributed by atoms with E-state index in [1.165, 1.54) is 11.8 Å². The van der Waals surface area contributed by atoms with Crippen molar-refractivity contribution >= 4 is 28.6 Å². The Balaban J connectivity index is 1.98. The lowest BCUT2D eigenvalue weighted by atomic mass is 10.1. The lowest BCUT2D eigenvalue weighted by molar-refractivity contribution is -0.136. The van der Waals surface area contributed by atoms with E-state index in [1.807, 2.05) is 12.1 Å². The van der Waals surface area contributed by atoms with Crippen molar-refractivity contribution < 1.29 is 9.90 Å². The molecule has 2 N–H and O–H groups in total. The van der Waals surface area contributed by atoms with Gasteiger partial charge in [0.2, 0.25) is 0 Å². The SMILES string of the molecule is N#Cc1ccc(C2=NNC(=NCCC(=O)O)SC2)cc1. The zero-order valence-electron chi connectivity index (χ0n) is 10.5. The molecule has 0 amide bonds. The quantitative estimate of drug-likeness (QED) is 0.873. The summed E-state index contributed by atoms with van der Waals surface area (Å²) in [5.74, 6) is -0.206. The monoisotopic (exact) mass is 288 g/mol. The number of rotatable bonds is 4. The van der Waals surface area contributed by atoms with Gasteiger partial charge in [-0.15, -0.1) is 0 Å². The fourth-order valence-corrected chi connectivity index (χ4v) is 2.33. The van der Waals surface area contributed by atoms with E-state index in [0.717, 1.165) is 11.3 Å². The van der Waals surface area contributed by atoms with Crippen LogP contribution in [0.3, 0.4) is 0 Å². The van der Waals surface area contributed by atoms with Crippen LogP contribution in [0.5, 0.6) is 0 Å². The Kier molecular flexibility index (Phi) is 4.74. The van der Waals surface area contributed by atoms with Crippen molar-refractivity contribution in [2.24, 2.45) is 10.1 Å². The van der Waals surface area contributed by atoms with Crippen LogP contribution in [0, 0.1) is 11.3 Å². The first kappa shape index (κ1) is 14.1. The van der Waals surface area contributed by atoms with Gasteiger partial charge in [-0.2, -0.15) is 10.4 Å². The van der Waals surface area contributed by atoms with Crippen LogP contribution in [0.4, 0.5) is 0 Å². The number of nitrogens with zero attached hydrogens (tertiary/aromatic N) is 3. The third-order valence-corrected chi connectivity index (χ3v) is 3.47. The maximum atomic E-state index is 10.4. The van der Waals surface area contributed by atoms with Crippen LogP contribution in [-0.2, 0) is 4.79 Å². The highest BCUT2D eigenvalue weighted by molar-refractivity contribution is 8.14. The Morgan fingerprint density at radius 3 is 2.80 bits per heavy atom. The van der Waals surface area contributed by atoms with Crippen molar-refractivity contribution in [3.63, 3.8) is 0 Å². The number of carboxylic acids is 1. The molecule has 0 aromatic heterocycles.